The molecule has 2 nitrogen and oxygen atoms in total. The third-order valence-corrected chi connectivity index (χ3v) is 5.46. The minimum Gasteiger partial charge on any atom is -0.508 e. The Hall–Kier alpha value is -1.03. The third-order valence-electron chi connectivity index (χ3n) is 4.57. The number of thiophene rings is 1. The Kier molecular flexibility index (Phi) is 6.30. The van der Waals surface area contributed by atoms with E-state index in [-0.39, 0.29) is 12.4 Å². The van der Waals surface area contributed by atoms with E-state index in [9.17, 15) is 5.11 Å². The molecular weight excluding hydrogens is 314 g/mol. The molecule has 2 atom stereocenters. The first-order valence-corrected chi connectivity index (χ1v) is 8.64. The minimum atomic E-state index is 0. The van der Waals surface area contributed by atoms with Gasteiger partial charge in [0, 0.05) is 4.88 Å². The Morgan fingerprint density at radius 2 is 2.23 bits per heavy atom. The molecular formula is C18H24ClNOS. The van der Waals surface area contributed by atoms with E-state index in [0.29, 0.717) is 17.6 Å². The van der Waals surface area contributed by atoms with Crippen molar-refractivity contribution in [1.82, 2.24) is 5.32 Å². The summed E-state index contributed by atoms with van der Waals surface area (Å²) in [4.78, 5) is 1.47. The summed E-state index contributed by atoms with van der Waals surface area (Å²) >= 11 is 1.86. The first-order valence-electron chi connectivity index (χ1n) is 7.76. The topological polar surface area (TPSA) is 32.3 Å². The Labute approximate surface area is 143 Å². The molecule has 2 unspecified atom stereocenters. The van der Waals surface area contributed by atoms with Gasteiger partial charge in [-0.1, -0.05) is 12.1 Å². The highest BCUT2D eigenvalue weighted by atomic mass is 35.5. The van der Waals surface area contributed by atoms with Crippen molar-refractivity contribution >= 4 is 23.7 Å². The molecule has 3 rings (SSSR count). The van der Waals surface area contributed by atoms with Gasteiger partial charge in [0.2, 0.25) is 0 Å². The summed E-state index contributed by atoms with van der Waals surface area (Å²) < 4.78 is 0. The van der Waals surface area contributed by atoms with Gasteiger partial charge in [-0.2, -0.15) is 0 Å². The van der Waals surface area contributed by atoms with E-state index in [2.05, 4.69) is 28.9 Å². The van der Waals surface area contributed by atoms with Gasteiger partial charge in [-0.25, -0.2) is 0 Å². The van der Waals surface area contributed by atoms with Gasteiger partial charge in [0.15, 0.2) is 0 Å². The SMILES string of the molecule is CNCC(Cc1cccs1)C1CCCc2cc(O)ccc21.Cl. The fraction of sp³-hybridized carbons (Fsp3) is 0.444. The number of aromatic hydroxyl groups is 1. The molecule has 0 amide bonds. The van der Waals surface area contributed by atoms with Gasteiger partial charge < -0.3 is 10.4 Å². The molecule has 1 aromatic carbocycles. The zero-order valence-electron chi connectivity index (χ0n) is 12.9. The number of rotatable bonds is 5. The average molecular weight is 338 g/mol. The highest BCUT2D eigenvalue weighted by Crippen LogP contribution is 2.39. The van der Waals surface area contributed by atoms with Crippen molar-refractivity contribution in [2.75, 3.05) is 13.6 Å². The summed E-state index contributed by atoms with van der Waals surface area (Å²) in [5.74, 6) is 1.62. The van der Waals surface area contributed by atoms with Crippen LogP contribution in [0.2, 0.25) is 0 Å². The van der Waals surface area contributed by atoms with Crippen LogP contribution in [0.5, 0.6) is 5.75 Å². The second-order valence-electron chi connectivity index (χ2n) is 5.98. The van der Waals surface area contributed by atoms with Crippen LogP contribution < -0.4 is 5.32 Å². The summed E-state index contributed by atoms with van der Waals surface area (Å²) in [6.07, 6.45) is 4.73. The van der Waals surface area contributed by atoms with E-state index in [0.717, 1.165) is 19.4 Å². The van der Waals surface area contributed by atoms with Crippen LogP contribution in [0.1, 0.15) is 34.8 Å². The molecule has 0 aliphatic heterocycles. The summed E-state index contributed by atoms with van der Waals surface area (Å²) in [6, 6.07) is 10.3. The molecule has 1 aromatic heterocycles. The number of hydrogen-bond acceptors (Lipinski definition) is 3. The number of phenols is 1. The lowest BCUT2D eigenvalue weighted by molar-refractivity contribution is 0.366. The molecule has 0 spiro atoms. The Morgan fingerprint density at radius 1 is 1.36 bits per heavy atom. The van der Waals surface area contributed by atoms with Crippen LogP contribution in [0, 0.1) is 5.92 Å². The van der Waals surface area contributed by atoms with Gasteiger partial charge >= 0.3 is 0 Å². The number of aryl methyl sites for hydroxylation is 1. The van der Waals surface area contributed by atoms with Crippen LogP contribution in [0.3, 0.4) is 0 Å². The van der Waals surface area contributed by atoms with Crippen LogP contribution in [0.4, 0.5) is 0 Å². The van der Waals surface area contributed by atoms with Crippen LogP contribution in [0.15, 0.2) is 35.7 Å². The van der Waals surface area contributed by atoms with Gasteiger partial charge in [0.05, 0.1) is 0 Å². The standard InChI is InChI=1S/C18H23NOS.ClH/c1-19-12-14(11-16-5-3-9-21-16)17-6-2-4-13-10-15(20)7-8-18(13)17;/h3,5,7-10,14,17,19-20H,2,4,6,11-12H2,1H3;1H. The lowest BCUT2D eigenvalue weighted by Gasteiger charge is -2.32. The number of phenolic OH excluding ortho intramolecular Hbond substituents is 1. The molecule has 0 radical (unpaired) electrons. The van der Waals surface area contributed by atoms with E-state index in [1.54, 1.807) is 0 Å². The molecule has 1 aliphatic carbocycles. The first-order chi connectivity index (χ1) is 10.3. The largest absolute Gasteiger partial charge is 0.508 e. The number of benzene rings is 1. The van der Waals surface area contributed by atoms with Gasteiger partial charge in [0.25, 0.3) is 0 Å². The Morgan fingerprint density at radius 3 is 2.95 bits per heavy atom. The minimum absolute atomic E-state index is 0. The summed E-state index contributed by atoms with van der Waals surface area (Å²) in [6.45, 7) is 1.04. The fourth-order valence-electron chi connectivity index (χ4n) is 3.63. The molecule has 2 N–H and O–H groups in total. The van der Waals surface area contributed by atoms with Crippen molar-refractivity contribution in [2.45, 2.75) is 31.6 Å². The highest BCUT2D eigenvalue weighted by Gasteiger charge is 2.28. The highest BCUT2D eigenvalue weighted by molar-refractivity contribution is 7.09. The number of nitrogens with one attached hydrogen (secondary N) is 1. The maximum absolute atomic E-state index is 9.71. The molecule has 120 valence electrons. The van der Waals surface area contributed by atoms with E-state index < -0.39 is 0 Å². The average Bonchev–Trinajstić information content (AvgIpc) is 2.99. The predicted molar refractivity (Wildman–Crippen MR) is 96.5 cm³/mol. The quantitative estimate of drug-likeness (QED) is 0.849. The molecule has 2 aromatic rings. The van der Waals surface area contributed by atoms with E-state index in [4.69, 9.17) is 0 Å². The maximum Gasteiger partial charge on any atom is 0.115 e. The maximum atomic E-state index is 9.71. The van der Waals surface area contributed by atoms with Crippen molar-refractivity contribution in [3.8, 4) is 5.75 Å². The Balaban J connectivity index is 0.00000176. The second kappa shape index (κ2) is 8.00. The summed E-state index contributed by atoms with van der Waals surface area (Å²) in [5.41, 5.74) is 2.80. The lowest BCUT2D eigenvalue weighted by atomic mass is 9.74. The monoisotopic (exact) mass is 337 g/mol. The van der Waals surface area contributed by atoms with Crippen molar-refractivity contribution < 1.29 is 5.11 Å². The zero-order chi connectivity index (χ0) is 14.7. The predicted octanol–water partition coefficient (Wildman–Crippen LogP) is 4.37. The van der Waals surface area contributed by atoms with E-state index in [1.165, 1.54) is 28.8 Å². The second-order valence-corrected chi connectivity index (χ2v) is 7.02. The molecule has 1 aliphatic rings. The van der Waals surface area contributed by atoms with Crippen molar-refractivity contribution in [1.29, 1.82) is 0 Å². The van der Waals surface area contributed by atoms with E-state index >= 15 is 0 Å². The van der Waals surface area contributed by atoms with Crippen LogP contribution in [-0.4, -0.2) is 18.7 Å². The van der Waals surface area contributed by atoms with Gasteiger partial charge in [-0.05, 0) is 85.8 Å². The molecule has 0 saturated carbocycles. The first kappa shape index (κ1) is 17.3. The van der Waals surface area contributed by atoms with Gasteiger partial charge in [-0.15, -0.1) is 23.7 Å². The Bertz CT molecular complexity index is 585. The van der Waals surface area contributed by atoms with Crippen molar-refractivity contribution in [2.24, 2.45) is 5.92 Å². The van der Waals surface area contributed by atoms with Gasteiger partial charge in [-0.3, -0.25) is 0 Å². The number of halogens is 1. The number of hydrogen-bond donors (Lipinski definition) is 2. The van der Waals surface area contributed by atoms with Gasteiger partial charge in [0.1, 0.15) is 5.75 Å². The van der Waals surface area contributed by atoms with Crippen LogP contribution >= 0.6 is 23.7 Å². The lowest BCUT2D eigenvalue weighted by Crippen LogP contribution is -2.28. The van der Waals surface area contributed by atoms with Crippen molar-refractivity contribution in [3.63, 3.8) is 0 Å². The normalized spacial score (nSPS) is 18.3. The smallest absolute Gasteiger partial charge is 0.115 e. The molecule has 0 fully saturated rings. The van der Waals surface area contributed by atoms with Crippen LogP contribution in [-0.2, 0) is 12.8 Å². The molecule has 0 saturated heterocycles. The zero-order valence-corrected chi connectivity index (χ0v) is 14.6. The summed E-state index contributed by atoms with van der Waals surface area (Å²) in [7, 11) is 2.04. The third kappa shape index (κ3) is 3.83. The van der Waals surface area contributed by atoms with E-state index in [1.807, 2.05) is 30.5 Å². The number of fused-ring (bicyclic) bond motifs is 1. The molecule has 4 heteroatoms. The molecule has 0 bridgehead atoms. The fourth-order valence-corrected chi connectivity index (χ4v) is 4.43. The van der Waals surface area contributed by atoms with Crippen LogP contribution in [0.25, 0.3) is 0 Å². The summed E-state index contributed by atoms with van der Waals surface area (Å²) in [5, 5.41) is 15.3. The molecule has 1 heterocycles. The van der Waals surface area contributed by atoms with Crippen molar-refractivity contribution in [3.05, 3.63) is 51.7 Å². The molecule has 22 heavy (non-hydrogen) atoms.